The quantitative estimate of drug-likeness (QED) is 0.864. The molecule has 0 unspecified atom stereocenters. The standard InChI is InChI=1S/C10H14BrNS/c1-6(2)9-7(11)5-8(13-9)10(12)3-4-10/h5-6H,3-4,12H2,1-2H3. The Bertz CT molecular complexity index is 326. The fourth-order valence-electron chi connectivity index (χ4n) is 1.40. The van der Waals surface area contributed by atoms with Crippen LogP contribution in [-0.2, 0) is 5.54 Å². The third kappa shape index (κ3) is 1.69. The molecule has 0 aromatic carbocycles. The lowest BCUT2D eigenvalue weighted by molar-refractivity contribution is 0.758. The molecule has 72 valence electrons. The Hall–Kier alpha value is 0.140. The van der Waals surface area contributed by atoms with Gasteiger partial charge >= 0.3 is 0 Å². The summed E-state index contributed by atoms with van der Waals surface area (Å²) in [6.07, 6.45) is 2.30. The van der Waals surface area contributed by atoms with Crippen molar-refractivity contribution in [3.63, 3.8) is 0 Å². The molecule has 0 atom stereocenters. The second-order valence-electron chi connectivity index (χ2n) is 4.13. The second-order valence-corrected chi connectivity index (χ2v) is 6.07. The highest BCUT2D eigenvalue weighted by Gasteiger charge is 2.41. The number of hydrogen-bond donors (Lipinski definition) is 1. The van der Waals surface area contributed by atoms with E-state index in [1.54, 1.807) is 0 Å². The summed E-state index contributed by atoms with van der Waals surface area (Å²) in [6, 6.07) is 2.20. The van der Waals surface area contributed by atoms with Crippen molar-refractivity contribution in [3.8, 4) is 0 Å². The van der Waals surface area contributed by atoms with Crippen LogP contribution >= 0.6 is 27.3 Å². The minimum absolute atomic E-state index is 0.0281. The molecule has 0 spiro atoms. The monoisotopic (exact) mass is 259 g/mol. The maximum absolute atomic E-state index is 6.14. The molecule has 13 heavy (non-hydrogen) atoms. The average Bonchev–Trinajstić information content (AvgIpc) is 2.63. The second kappa shape index (κ2) is 3.07. The van der Waals surface area contributed by atoms with E-state index in [0.29, 0.717) is 5.92 Å². The van der Waals surface area contributed by atoms with Gasteiger partial charge in [-0.2, -0.15) is 0 Å². The zero-order valence-electron chi connectivity index (χ0n) is 7.93. The van der Waals surface area contributed by atoms with Gasteiger partial charge in [-0.15, -0.1) is 11.3 Å². The molecule has 2 rings (SSSR count). The van der Waals surface area contributed by atoms with Crippen LogP contribution in [0.3, 0.4) is 0 Å². The maximum atomic E-state index is 6.14. The van der Waals surface area contributed by atoms with Crippen molar-refractivity contribution >= 4 is 27.3 Å². The molecule has 0 radical (unpaired) electrons. The normalized spacial score (nSPS) is 19.5. The first kappa shape index (κ1) is 9.69. The lowest BCUT2D eigenvalue weighted by atomic mass is 10.2. The predicted octanol–water partition coefficient (Wildman–Crippen LogP) is 3.58. The fraction of sp³-hybridized carbons (Fsp3) is 0.600. The van der Waals surface area contributed by atoms with Crippen LogP contribution in [0.25, 0.3) is 0 Å². The molecule has 1 fully saturated rings. The first-order chi connectivity index (χ1) is 6.03. The van der Waals surface area contributed by atoms with Gasteiger partial charge in [-0.05, 0) is 40.8 Å². The van der Waals surface area contributed by atoms with E-state index in [4.69, 9.17) is 5.73 Å². The van der Waals surface area contributed by atoms with E-state index in [1.165, 1.54) is 14.2 Å². The molecule has 1 aromatic rings. The van der Waals surface area contributed by atoms with Crippen LogP contribution in [0, 0.1) is 0 Å². The Morgan fingerprint density at radius 3 is 2.54 bits per heavy atom. The Labute approximate surface area is 91.5 Å². The van der Waals surface area contributed by atoms with E-state index in [0.717, 1.165) is 12.8 Å². The first-order valence-electron chi connectivity index (χ1n) is 4.61. The molecule has 1 heterocycles. The molecule has 1 aliphatic rings. The number of nitrogens with two attached hydrogens (primary N) is 1. The zero-order valence-corrected chi connectivity index (χ0v) is 10.3. The first-order valence-corrected chi connectivity index (χ1v) is 6.22. The Morgan fingerprint density at radius 2 is 2.15 bits per heavy atom. The number of hydrogen-bond acceptors (Lipinski definition) is 2. The van der Waals surface area contributed by atoms with E-state index < -0.39 is 0 Å². The summed E-state index contributed by atoms with van der Waals surface area (Å²) in [5, 5.41) is 0. The van der Waals surface area contributed by atoms with Gasteiger partial charge in [0, 0.05) is 14.2 Å². The summed E-state index contributed by atoms with van der Waals surface area (Å²) in [5.74, 6) is 0.593. The zero-order chi connectivity index (χ0) is 9.64. The Balaban J connectivity index is 2.35. The lowest BCUT2D eigenvalue weighted by Crippen LogP contribution is -2.16. The van der Waals surface area contributed by atoms with Gasteiger partial charge in [0.2, 0.25) is 0 Å². The Morgan fingerprint density at radius 1 is 1.54 bits per heavy atom. The Kier molecular flexibility index (Phi) is 2.29. The van der Waals surface area contributed by atoms with Gasteiger partial charge in [0.25, 0.3) is 0 Å². The molecule has 1 saturated carbocycles. The van der Waals surface area contributed by atoms with Crippen molar-refractivity contribution in [1.82, 2.24) is 0 Å². The smallest absolute Gasteiger partial charge is 0.0505 e. The topological polar surface area (TPSA) is 26.0 Å². The molecule has 1 aromatic heterocycles. The molecule has 1 nitrogen and oxygen atoms in total. The van der Waals surface area contributed by atoms with Gasteiger partial charge in [-0.3, -0.25) is 0 Å². The van der Waals surface area contributed by atoms with E-state index in [1.807, 2.05) is 11.3 Å². The van der Waals surface area contributed by atoms with Gasteiger partial charge in [0.15, 0.2) is 0 Å². The average molecular weight is 260 g/mol. The van der Waals surface area contributed by atoms with Crippen molar-refractivity contribution in [2.75, 3.05) is 0 Å². The molecule has 1 aliphatic carbocycles. The van der Waals surface area contributed by atoms with Gasteiger partial charge in [-0.1, -0.05) is 13.8 Å². The molecule has 2 N–H and O–H groups in total. The van der Waals surface area contributed by atoms with Crippen LogP contribution < -0.4 is 5.73 Å². The highest BCUT2D eigenvalue weighted by molar-refractivity contribution is 9.10. The molecule has 0 amide bonds. The van der Waals surface area contributed by atoms with Crippen LogP contribution in [0.15, 0.2) is 10.5 Å². The SMILES string of the molecule is CC(C)c1sc(C2(N)CC2)cc1Br. The summed E-state index contributed by atoms with van der Waals surface area (Å²) >= 11 is 5.46. The number of thiophene rings is 1. The van der Waals surface area contributed by atoms with Crippen molar-refractivity contribution in [3.05, 3.63) is 20.3 Å². The summed E-state index contributed by atoms with van der Waals surface area (Å²) in [6.45, 7) is 4.44. The van der Waals surface area contributed by atoms with E-state index in [2.05, 4.69) is 35.8 Å². The fourth-order valence-corrected chi connectivity index (χ4v) is 3.70. The largest absolute Gasteiger partial charge is 0.321 e. The highest BCUT2D eigenvalue weighted by atomic mass is 79.9. The number of halogens is 1. The van der Waals surface area contributed by atoms with Gasteiger partial charge in [-0.25, -0.2) is 0 Å². The number of rotatable bonds is 2. The van der Waals surface area contributed by atoms with Gasteiger partial charge in [0.05, 0.1) is 5.54 Å². The van der Waals surface area contributed by atoms with Crippen molar-refractivity contribution in [2.24, 2.45) is 5.73 Å². The summed E-state index contributed by atoms with van der Waals surface area (Å²) in [5.41, 5.74) is 6.17. The van der Waals surface area contributed by atoms with E-state index in [-0.39, 0.29) is 5.54 Å². The van der Waals surface area contributed by atoms with Crippen LogP contribution in [0.2, 0.25) is 0 Å². The van der Waals surface area contributed by atoms with Crippen molar-refractivity contribution in [1.29, 1.82) is 0 Å². The summed E-state index contributed by atoms with van der Waals surface area (Å²) < 4.78 is 1.24. The van der Waals surface area contributed by atoms with Gasteiger partial charge in [0.1, 0.15) is 0 Å². The lowest BCUT2D eigenvalue weighted by Gasteiger charge is -2.04. The molecule has 0 aliphatic heterocycles. The molecular weight excluding hydrogens is 246 g/mol. The third-order valence-electron chi connectivity index (χ3n) is 2.52. The molecule has 0 bridgehead atoms. The minimum Gasteiger partial charge on any atom is -0.321 e. The summed E-state index contributed by atoms with van der Waals surface area (Å²) in [7, 11) is 0. The van der Waals surface area contributed by atoms with Crippen molar-refractivity contribution < 1.29 is 0 Å². The van der Waals surface area contributed by atoms with Crippen LogP contribution in [-0.4, -0.2) is 0 Å². The molecule has 3 heteroatoms. The molecule has 0 saturated heterocycles. The van der Waals surface area contributed by atoms with E-state index >= 15 is 0 Å². The van der Waals surface area contributed by atoms with Crippen LogP contribution in [0.4, 0.5) is 0 Å². The molecular formula is C10H14BrNS. The summed E-state index contributed by atoms with van der Waals surface area (Å²) in [4.78, 5) is 2.77. The van der Waals surface area contributed by atoms with E-state index in [9.17, 15) is 0 Å². The van der Waals surface area contributed by atoms with Crippen LogP contribution in [0.5, 0.6) is 0 Å². The van der Waals surface area contributed by atoms with Crippen molar-refractivity contribution in [2.45, 2.75) is 38.1 Å². The highest BCUT2D eigenvalue weighted by Crippen LogP contribution is 2.48. The third-order valence-corrected chi connectivity index (χ3v) is 5.09. The van der Waals surface area contributed by atoms with Gasteiger partial charge < -0.3 is 5.73 Å². The van der Waals surface area contributed by atoms with Crippen LogP contribution in [0.1, 0.15) is 42.4 Å². The maximum Gasteiger partial charge on any atom is 0.0505 e. The predicted molar refractivity (Wildman–Crippen MR) is 61.2 cm³/mol. The minimum atomic E-state index is 0.0281.